The summed E-state index contributed by atoms with van der Waals surface area (Å²) in [7, 11) is 0. The molecule has 32 heteroatoms. The van der Waals surface area contributed by atoms with E-state index in [-0.39, 0.29) is 23.9 Å². The van der Waals surface area contributed by atoms with Gasteiger partial charge in [-0.05, 0) is 30.3 Å². The topological polar surface area (TPSA) is 86.2 Å². The number of hydrogen-bond donors (Lipinski definition) is 0. The Morgan fingerprint density at radius 3 is 1.06 bits per heavy atom. The largest absolute Gasteiger partial charge is 0.434 e. The number of nitrogens with zero attached hydrogens (tertiary/aromatic N) is 3. The van der Waals surface area contributed by atoms with Crippen molar-refractivity contribution in [3.05, 3.63) is 206 Å². The lowest BCUT2D eigenvalue weighted by Gasteiger charge is -2.46. The van der Waals surface area contributed by atoms with E-state index in [2.05, 4.69) is 4.98 Å². The second-order valence-electron chi connectivity index (χ2n) is 17.4. The molecule has 0 atom stereocenters. The summed E-state index contributed by atoms with van der Waals surface area (Å²) in [6, 6.07) is 5.98. The third kappa shape index (κ3) is 14.8. The Kier molecular flexibility index (Phi) is 17.0. The molecule has 82 heavy (non-hydrogen) atoms. The van der Waals surface area contributed by atoms with Crippen molar-refractivity contribution in [2.45, 2.75) is 56.0 Å². The number of nitro groups is 1. The van der Waals surface area contributed by atoms with Crippen molar-refractivity contribution in [3.63, 3.8) is 0 Å². The third-order valence-corrected chi connectivity index (χ3v) is 11.8. The van der Waals surface area contributed by atoms with Gasteiger partial charge in [0.25, 0.3) is 11.6 Å². The number of aromatic nitrogens is 2. The average Bonchev–Trinajstić information content (AvgIpc) is 2.78. The van der Waals surface area contributed by atoms with Crippen LogP contribution in [0.4, 0.5) is 111 Å². The minimum atomic E-state index is -6.13. The molecule has 1 heterocycles. The van der Waals surface area contributed by atoms with Crippen LogP contribution >= 0.6 is 0 Å². The molecule has 0 radical (unpaired) electrons. The maximum Gasteiger partial charge on any atom is 0.416 e. The number of hydrogen-bond acceptors (Lipinski definition) is 5. The van der Waals surface area contributed by atoms with Gasteiger partial charge in [-0.25, -0.2) is 4.98 Å². The number of carbonyl (C=O) groups is 1. The van der Waals surface area contributed by atoms with E-state index in [1.807, 2.05) is 6.07 Å². The number of benzene rings is 6. The fraction of sp³-hybridized carbons (Fsp3) is 0.180. The first-order valence-corrected chi connectivity index (χ1v) is 22.1. The monoisotopic (exact) mass is 1200 g/mol. The lowest BCUT2D eigenvalue weighted by Crippen LogP contribution is -2.75. The molecular formula is C50H26BF24N3O4. The summed E-state index contributed by atoms with van der Waals surface area (Å²) in [5.74, 6) is 0.496. The van der Waals surface area contributed by atoms with Gasteiger partial charge in [-0.15, -0.1) is 0 Å². The molecule has 7 aromatic rings. The molecule has 0 amide bonds. The number of ether oxygens (including phenoxy) is 1. The first kappa shape index (κ1) is 62.8. The van der Waals surface area contributed by atoms with Crippen LogP contribution in [0.25, 0.3) is 0 Å². The molecule has 0 unspecified atom stereocenters. The maximum atomic E-state index is 14.2. The molecule has 7 rings (SSSR count). The summed E-state index contributed by atoms with van der Waals surface area (Å²) >= 11 is 0. The highest BCUT2D eigenvalue weighted by atomic mass is 19.4. The summed E-state index contributed by atoms with van der Waals surface area (Å²) in [5.41, 5.74) is -29.7. The van der Waals surface area contributed by atoms with Crippen LogP contribution in [0.3, 0.4) is 0 Å². The van der Waals surface area contributed by atoms with Gasteiger partial charge in [0.15, 0.2) is 6.20 Å². The molecule has 1 aromatic heterocycles. The van der Waals surface area contributed by atoms with Gasteiger partial charge in [0.1, 0.15) is 11.9 Å². The number of halogens is 24. The first-order chi connectivity index (χ1) is 37.4. The van der Waals surface area contributed by atoms with Gasteiger partial charge in [0, 0.05) is 11.6 Å². The molecule has 0 aliphatic heterocycles. The standard InChI is InChI=1S/C32H12BF24.C18H14N3O4/c34-25(35,36)13-1-14(26(37,38)39)6-21(5-13)33(22-7-15(27(40,41)42)2-16(8-22)28(43,44)45,23-9-17(29(46,47)48)3-18(10-23)30(49,50)51)24-11-19(31(52,53)54)4-20(12-24)32(55,56)57;22-17(14-5-2-1-3-6-14)12-20-10-9-19-18(13-20)25-16-8-4-7-15(11-16)21(23)24/h1-12H;1-11,13H,12H2/q-1;+1. The van der Waals surface area contributed by atoms with Crippen LogP contribution in [0, 0.1) is 10.1 Å². The summed E-state index contributed by atoms with van der Waals surface area (Å²) in [6.45, 7) is 0.137. The van der Waals surface area contributed by atoms with Crippen molar-refractivity contribution in [1.29, 1.82) is 0 Å². The number of carbonyl (C=O) groups excluding carboxylic acids is 1. The van der Waals surface area contributed by atoms with Crippen LogP contribution in [-0.4, -0.2) is 21.8 Å². The fourth-order valence-corrected chi connectivity index (χ4v) is 8.29. The number of Topliss-reactive ketones (excluding diaryl/α,β-unsaturated/α-hetero) is 1. The Hall–Kier alpha value is -8.35. The number of ketones is 1. The SMILES string of the molecule is FC(F)(F)c1cc([B-](c2cc(C(F)(F)F)cc(C(F)(F)F)c2)(c2cc(C(F)(F)F)cc(C(F)(F)F)c2)c2cc(C(F)(F)F)cc(C(F)(F)F)c2)cc(C(F)(F)F)c1.O=C(C[n+]1ccnc(Oc2cccc([N+](=O)[O-])c2)c1)c1ccccc1. The Morgan fingerprint density at radius 2 is 0.768 bits per heavy atom. The van der Waals surface area contributed by atoms with E-state index < -0.39 is 200 Å². The second-order valence-corrected chi connectivity index (χ2v) is 17.4. The summed E-state index contributed by atoms with van der Waals surface area (Å²) in [4.78, 5) is 26.6. The van der Waals surface area contributed by atoms with E-state index in [0.717, 1.165) is 0 Å². The number of rotatable bonds is 10. The second kappa shape index (κ2) is 22.2. The zero-order valence-corrected chi connectivity index (χ0v) is 39.7. The molecule has 0 saturated carbocycles. The Balaban J connectivity index is 0.000000357. The van der Waals surface area contributed by atoms with Gasteiger partial charge in [-0.2, -0.15) is 132 Å². The van der Waals surface area contributed by atoms with E-state index in [4.69, 9.17) is 4.74 Å². The molecule has 0 aliphatic carbocycles. The van der Waals surface area contributed by atoms with Gasteiger partial charge in [0.05, 0.1) is 61.7 Å². The van der Waals surface area contributed by atoms with Crippen molar-refractivity contribution in [2.75, 3.05) is 0 Å². The van der Waals surface area contributed by atoms with Crippen LogP contribution < -0.4 is 31.2 Å². The highest BCUT2D eigenvalue weighted by molar-refractivity contribution is 7.20. The van der Waals surface area contributed by atoms with Crippen molar-refractivity contribution in [3.8, 4) is 11.6 Å². The summed E-state index contributed by atoms with van der Waals surface area (Å²) < 4.78 is 348. The predicted molar refractivity (Wildman–Crippen MR) is 238 cm³/mol. The van der Waals surface area contributed by atoms with Crippen LogP contribution in [-0.2, 0) is 56.0 Å². The molecule has 0 aliphatic rings. The zero-order valence-electron chi connectivity index (χ0n) is 39.7. The summed E-state index contributed by atoms with van der Waals surface area (Å²) in [5, 5.41) is 10.8. The minimum absolute atomic E-state index is 0.0434. The molecule has 0 saturated heterocycles. The van der Waals surface area contributed by atoms with E-state index in [0.29, 0.717) is 11.3 Å². The normalized spacial score (nSPS) is 13.1. The lowest BCUT2D eigenvalue weighted by molar-refractivity contribution is -0.683. The number of non-ortho nitro benzene ring substituents is 1. The number of alkyl halides is 24. The van der Waals surface area contributed by atoms with Crippen LogP contribution in [0.2, 0.25) is 0 Å². The Labute approximate surface area is 442 Å². The fourth-order valence-electron chi connectivity index (χ4n) is 8.29. The zero-order chi connectivity index (χ0) is 61.6. The van der Waals surface area contributed by atoms with E-state index >= 15 is 0 Å². The van der Waals surface area contributed by atoms with Gasteiger partial charge >= 0.3 is 49.4 Å². The smallest absolute Gasteiger partial charge is 0.416 e. The molecule has 7 nitrogen and oxygen atoms in total. The third-order valence-electron chi connectivity index (χ3n) is 11.8. The van der Waals surface area contributed by atoms with Gasteiger partial charge in [-0.1, -0.05) is 84.9 Å². The van der Waals surface area contributed by atoms with Crippen molar-refractivity contribution in [2.24, 2.45) is 0 Å². The molecular weight excluding hydrogens is 1170 g/mol. The Bertz CT molecular complexity index is 3060. The predicted octanol–water partition coefficient (Wildman–Crippen LogP) is 14.2. The molecule has 0 fully saturated rings. The van der Waals surface area contributed by atoms with Gasteiger partial charge < -0.3 is 4.74 Å². The first-order valence-electron chi connectivity index (χ1n) is 22.1. The number of nitro benzene ring substituents is 1. The van der Waals surface area contributed by atoms with Gasteiger partial charge in [0.2, 0.25) is 18.5 Å². The highest BCUT2D eigenvalue weighted by Gasteiger charge is 2.47. The molecule has 0 N–H and O–H groups in total. The quantitative estimate of drug-likeness (QED) is 0.0340. The van der Waals surface area contributed by atoms with Gasteiger partial charge in [-0.3, -0.25) is 14.9 Å². The maximum absolute atomic E-state index is 14.2. The van der Waals surface area contributed by atoms with E-state index in [9.17, 15) is 120 Å². The van der Waals surface area contributed by atoms with Crippen LogP contribution in [0.15, 0.2) is 146 Å². The van der Waals surface area contributed by atoms with Crippen LogP contribution in [0.5, 0.6) is 11.6 Å². The summed E-state index contributed by atoms with van der Waals surface area (Å²) in [6.07, 6.45) is -50.1. The van der Waals surface area contributed by atoms with Crippen molar-refractivity contribution in [1.82, 2.24) is 4.98 Å². The highest BCUT2D eigenvalue weighted by Crippen LogP contribution is 2.41. The van der Waals surface area contributed by atoms with Crippen LogP contribution in [0.1, 0.15) is 54.9 Å². The van der Waals surface area contributed by atoms with E-state index in [1.54, 1.807) is 47.3 Å². The Morgan fingerprint density at radius 1 is 0.451 bits per heavy atom. The molecule has 0 spiro atoms. The minimum Gasteiger partial charge on any atom is -0.434 e. The lowest BCUT2D eigenvalue weighted by atomic mass is 9.12. The van der Waals surface area contributed by atoms with E-state index in [1.165, 1.54) is 24.4 Å². The molecule has 6 aromatic carbocycles. The average molecular weight is 1200 g/mol. The van der Waals surface area contributed by atoms with Crippen molar-refractivity contribution >= 4 is 39.5 Å². The van der Waals surface area contributed by atoms with Crippen molar-refractivity contribution < 1.29 is 124 Å². The molecule has 0 bridgehead atoms. The molecule has 436 valence electrons.